The molecule has 0 unspecified atom stereocenters. The third-order valence-corrected chi connectivity index (χ3v) is 5.40. The Morgan fingerprint density at radius 3 is 2.59 bits per heavy atom. The first-order valence-electron chi connectivity index (χ1n) is 9.52. The molecule has 0 heterocycles. The first-order valence-corrected chi connectivity index (χ1v) is 9.52. The number of carbonyl (C=O) groups is 1. The van der Waals surface area contributed by atoms with E-state index in [-0.39, 0.29) is 11.6 Å². The maximum Gasteiger partial charge on any atom is 0.566 e. The molecule has 1 aliphatic rings. The zero-order valence-corrected chi connectivity index (χ0v) is 17.1. The van der Waals surface area contributed by atoms with Gasteiger partial charge >= 0.3 is 13.1 Å². The average molecular weight is 374 g/mol. The van der Waals surface area contributed by atoms with Crippen LogP contribution in [0.2, 0.25) is 0 Å². The molecule has 0 atom stereocenters. The number of carbonyl (C=O) groups excluding carboxylic acids is 1. The highest BCUT2D eigenvalue weighted by atomic mass is 16.6. The molecule has 0 spiro atoms. The smallest absolute Gasteiger partial charge is 0.539 e. The molecule has 148 valence electrons. The van der Waals surface area contributed by atoms with Gasteiger partial charge in [0.2, 0.25) is 0 Å². The molecule has 1 aliphatic carbocycles. The van der Waals surface area contributed by atoms with E-state index in [2.05, 4.69) is 25.6 Å². The fourth-order valence-electron chi connectivity index (χ4n) is 3.31. The molecule has 1 aromatic carbocycles. The fraction of sp³-hybridized carbons (Fsp3) is 0.571. The molecule has 27 heavy (non-hydrogen) atoms. The third-order valence-electron chi connectivity index (χ3n) is 5.40. The van der Waals surface area contributed by atoms with Crippen molar-refractivity contribution >= 4 is 18.6 Å². The van der Waals surface area contributed by atoms with Crippen LogP contribution in [0.1, 0.15) is 57.9 Å². The summed E-state index contributed by atoms with van der Waals surface area (Å²) in [6.45, 7) is 9.83. The van der Waals surface area contributed by atoms with Crippen molar-refractivity contribution in [1.29, 1.82) is 0 Å². The minimum Gasteiger partial charge on any atom is -0.539 e. The summed E-state index contributed by atoms with van der Waals surface area (Å²) in [5.74, 6) is 1.41. The summed E-state index contributed by atoms with van der Waals surface area (Å²) >= 11 is 0. The number of hydrogen-bond acceptors (Lipinski definition) is 5. The van der Waals surface area contributed by atoms with E-state index >= 15 is 0 Å². The maximum absolute atomic E-state index is 11.4. The second kappa shape index (κ2) is 9.31. The standard InChI is InChI=1S/C21H31BO5/c1-7-21(3,4)27-22(26-8-2)18-14-16(9-10-19(18)24-5)17-11-15(12-17)13-20(23)25-6/h8-10,14-15,17H,2,7,11-13H2,1,3-6H3. The molecular formula is C21H31BO5. The van der Waals surface area contributed by atoms with Crippen molar-refractivity contribution in [2.24, 2.45) is 5.92 Å². The van der Waals surface area contributed by atoms with Gasteiger partial charge in [0.1, 0.15) is 5.75 Å². The van der Waals surface area contributed by atoms with Crippen LogP contribution < -0.4 is 10.2 Å². The van der Waals surface area contributed by atoms with E-state index in [1.807, 2.05) is 19.9 Å². The van der Waals surface area contributed by atoms with Crippen LogP contribution in [0.5, 0.6) is 5.75 Å². The number of ether oxygens (including phenoxy) is 2. The van der Waals surface area contributed by atoms with E-state index in [1.165, 1.54) is 18.9 Å². The van der Waals surface area contributed by atoms with Gasteiger partial charge in [-0.2, -0.15) is 0 Å². The largest absolute Gasteiger partial charge is 0.566 e. The van der Waals surface area contributed by atoms with Crippen molar-refractivity contribution in [3.8, 4) is 5.75 Å². The van der Waals surface area contributed by atoms with Crippen LogP contribution in [0.3, 0.4) is 0 Å². The normalized spacial score (nSPS) is 19.0. The zero-order chi connectivity index (χ0) is 20.0. The summed E-state index contributed by atoms with van der Waals surface area (Å²) in [5.41, 5.74) is 1.73. The van der Waals surface area contributed by atoms with Gasteiger partial charge in [-0.3, -0.25) is 4.79 Å². The van der Waals surface area contributed by atoms with E-state index in [1.54, 1.807) is 7.11 Å². The van der Waals surface area contributed by atoms with Crippen molar-refractivity contribution in [2.75, 3.05) is 14.2 Å². The van der Waals surface area contributed by atoms with Gasteiger partial charge in [-0.25, -0.2) is 0 Å². The fourth-order valence-corrected chi connectivity index (χ4v) is 3.31. The van der Waals surface area contributed by atoms with E-state index in [0.717, 1.165) is 30.5 Å². The van der Waals surface area contributed by atoms with E-state index < -0.39 is 7.12 Å². The summed E-state index contributed by atoms with van der Waals surface area (Å²) in [6.07, 6.45) is 4.71. The zero-order valence-electron chi connectivity index (χ0n) is 17.1. The van der Waals surface area contributed by atoms with Crippen LogP contribution in [0.15, 0.2) is 31.0 Å². The van der Waals surface area contributed by atoms with Gasteiger partial charge in [0.25, 0.3) is 0 Å². The Morgan fingerprint density at radius 2 is 2.04 bits per heavy atom. The topological polar surface area (TPSA) is 54.0 Å². The van der Waals surface area contributed by atoms with Gasteiger partial charge in [0, 0.05) is 17.5 Å². The summed E-state index contributed by atoms with van der Waals surface area (Å²) in [4.78, 5) is 11.4. The lowest BCUT2D eigenvalue weighted by Crippen LogP contribution is -2.43. The van der Waals surface area contributed by atoms with Crippen molar-refractivity contribution in [3.05, 3.63) is 36.6 Å². The molecule has 5 nitrogen and oxygen atoms in total. The highest BCUT2D eigenvalue weighted by molar-refractivity contribution is 6.62. The molecule has 2 rings (SSSR count). The van der Waals surface area contributed by atoms with Crippen LogP contribution in [-0.4, -0.2) is 32.9 Å². The predicted octanol–water partition coefficient (Wildman–Crippen LogP) is 3.81. The molecule has 0 aromatic heterocycles. The minimum atomic E-state index is -0.585. The highest BCUT2D eigenvalue weighted by Crippen LogP contribution is 2.43. The predicted molar refractivity (Wildman–Crippen MR) is 107 cm³/mol. The molecule has 6 heteroatoms. The molecule has 1 aromatic rings. The second-order valence-corrected chi connectivity index (χ2v) is 7.68. The lowest BCUT2D eigenvalue weighted by Gasteiger charge is -2.35. The van der Waals surface area contributed by atoms with Gasteiger partial charge < -0.3 is 18.8 Å². The summed E-state index contributed by atoms with van der Waals surface area (Å²) in [7, 11) is 2.49. The Balaban J connectivity index is 2.19. The van der Waals surface area contributed by atoms with Crippen LogP contribution >= 0.6 is 0 Å². The van der Waals surface area contributed by atoms with Gasteiger partial charge in [0.05, 0.1) is 20.5 Å². The monoisotopic (exact) mass is 374 g/mol. The number of esters is 1. The Kier molecular flexibility index (Phi) is 7.37. The van der Waals surface area contributed by atoms with Gasteiger partial charge in [-0.1, -0.05) is 25.6 Å². The lowest BCUT2D eigenvalue weighted by molar-refractivity contribution is -0.142. The molecule has 0 bridgehead atoms. The van der Waals surface area contributed by atoms with Crippen LogP contribution in [-0.2, 0) is 18.8 Å². The van der Waals surface area contributed by atoms with E-state index in [0.29, 0.717) is 18.3 Å². The molecule has 0 amide bonds. The SMILES string of the molecule is C=COB(OC(C)(C)CC)c1cc(C2CC(CC(=O)OC)C2)ccc1OC. The van der Waals surface area contributed by atoms with Crippen molar-refractivity contribution < 1.29 is 23.6 Å². The molecule has 0 N–H and O–H groups in total. The van der Waals surface area contributed by atoms with Gasteiger partial charge in [-0.05, 0) is 56.6 Å². The quantitative estimate of drug-likeness (QED) is 0.354. The van der Waals surface area contributed by atoms with Gasteiger partial charge in [-0.15, -0.1) is 0 Å². The number of methoxy groups -OCH3 is 2. The summed E-state index contributed by atoms with van der Waals surface area (Å²) in [5, 5.41) is 0. The van der Waals surface area contributed by atoms with Gasteiger partial charge in [0.15, 0.2) is 0 Å². The Labute approximate surface area is 163 Å². The number of benzene rings is 1. The molecule has 0 radical (unpaired) electrons. The molecule has 0 saturated heterocycles. The van der Waals surface area contributed by atoms with Crippen molar-refractivity contribution in [3.63, 3.8) is 0 Å². The van der Waals surface area contributed by atoms with E-state index in [4.69, 9.17) is 18.8 Å². The highest BCUT2D eigenvalue weighted by Gasteiger charge is 2.36. The van der Waals surface area contributed by atoms with Crippen LogP contribution in [0.25, 0.3) is 0 Å². The second-order valence-electron chi connectivity index (χ2n) is 7.68. The minimum absolute atomic E-state index is 0.136. The summed E-state index contributed by atoms with van der Waals surface area (Å²) < 4.78 is 22.2. The first-order chi connectivity index (χ1) is 12.8. The lowest BCUT2D eigenvalue weighted by atomic mass is 9.68. The maximum atomic E-state index is 11.4. The molecular weight excluding hydrogens is 343 g/mol. The number of hydrogen-bond donors (Lipinski definition) is 0. The molecule has 1 saturated carbocycles. The number of rotatable bonds is 10. The average Bonchev–Trinajstić information content (AvgIpc) is 2.63. The Bertz CT molecular complexity index is 652. The van der Waals surface area contributed by atoms with E-state index in [9.17, 15) is 4.79 Å². The Hall–Kier alpha value is -1.95. The van der Waals surface area contributed by atoms with Crippen LogP contribution in [0, 0.1) is 5.92 Å². The summed E-state index contributed by atoms with van der Waals surface area (Å²) in [6, 6.07) is 6.13. The molecule has 0 aliphatic heterocycles. The first kappa shape index (κ1) is 21.4. The van der Waals surface area contributed by atoms with Crippen LogP contribution in [0.4, 0.5) is 0 Å². The molecule has 1 fully saturated rings. The van der Waals surface area contributed by atoms with Crippen molar-refractivity contribution in [2.45, 2.75) is 58.0 Å². The Morgan fingerprint density at radius 1 is 1.33 bits per heavy atom. The van der Waals surface area contributed by atoms with Crippen molar-refractivity contribution in [1.82, 2.24) is 0 Å². The third kappa shape index (κ3) is 5.52.